The molecule has 0 aliphatic heterocycles. The molecule has 1 heterocycles. The zero-order valence-corrected chi connectivity index (χ0v) is 15.8. The minimum Gasteiger partial charge on any atom is -0.355 e. The van der Waals surface area contributed by atoms with Gasteiger partial charge in [-0.2, -0.15) is 11.8 Å². The van der Waals surface area contributed by atoms with Crippen LogP contribution in [0.3, 0.4) is 0 Å². The number of nitrogens with two attached hydrogens (primary N) is 1. The van der Waals surface area contributed by atoms with Gasteiger partial charge in [-0.15, -0.1) is 11.3 Å². The zero-order chi connectivity index (χ0) is 18.1. The van der Waals surface area contributed by atoms with Crippen LogP contribution in [-0.4, -0.2) is 24.2 Å². The predicted octanol–water partition coefficient (Wildman–Crippen LogP) is 3.21. The number of carbonyl (C=O) groups is 2. The lowest BCUT2D eigenvalue weighted by atomic mass is 10.1. The number of thioether (sulfide) groups is 1. The topological polar surface area (TPSA) is 84.2 Å². The van der Waals surface area contributed by atoms with E-state index in [1.54, 1.807) is 11.8 Å². The van der Waals surface area contributed by atoms with E-state index in [0.717, 1.165) is 16.4 Å². The van der Waals surface area contributed by atoms with Gasteiger partial charge in [0.1, 0.15) is 0 Å². The molecule has 3 amide bonds. The molecular weight excluding hydrogens is 354 g/mol. The molecule has 1 aromatic carbocycles. The van der Waals surface area contributed by atoms with Crippen molar-refractivity contribution in [1.82, 2.24) is 10.6 Å². The second-order valence-corrected chi connectivity index (χ2v) is 7.75. The van der Waals surface area contributed by atoms with Crippen molar-refractivity contribution >= 4 is 35.0 Å². The lowest BCUT2D eigenvalue weighted by Gasteiger charge is -2.15. The summed E-state index contributed by atoms with van der Waals surface area (Å²) in [7, 11) is 0. The lowest BCUT2D eigenvalue weighted by molar-refractivity contribution is -0.121. The van der Waals surface area contributed by atoms with Crippen molar-refractivity contribution in [2.45, 2.75) is 25.1 Å². The van der Waals surface area contributed by atoms with Crippen LogP contribution in [0.2, 0.25) is 0 Å². The SMILES string of the molecule is Cc1ccc(CSCCNC(=O)CC(NC(N)=O)c2cccs2)cc1. The summed E-state index contributed by atoms with van der Waals surface area (Å²) in [5.41, 5.74) is 7.74. The smallest absolute Gasteiger partial charge is 0.312 e. The van der Waals surface area contributed by atoms with E-state index < -0.39 is 6.03 Å². The molecule has 0 saturated heterocycles. The van der Waals surface area contributed by atoms with Crippen LogP contribution in [0.25, 0.3) is 0 Å². The maximum absolute atomic E-state index is 12.1. The first-order valence-corrected chi connectivity index (χ1v) is 10.1. The van der Waals surface area contributed by atoms with Gasteiger partial charge in [0.05, 0.1) is 12.5 Å². The van der Waals surface area contributed by atoms with Gasteiger partial charge in [-0.1, -0.05) is 35.9 Å². The van der Waals surface area contributed by atoms with Crippen molar-refractivity contribution in [3.63, 3.8) is 0 Å². The fourth-order valence-corrected chi connectivity index (χ4v) is 3.88. The number of thiophene rings is 1. The Morgan fingerprint density at radius 2 is 2.00 bits per heavy atom. The summed E-state index contributed by atoms with van der Waals surface area (Å²) in [4.78, 5) is 24.1. The molecule has 0 aliphatic carbocycles. The van der Waals surface area contributed by atoms with Crippen LogP contribution in [0.15, 0.2) is 41.8 Å². The average Bonchev–Trinajstić information content (AvgIpc) is 3.10. The van der Waals surface area contributed by atoms with E-state index >= 15 is 0 Å². The van der Waals surface area contributed by atoms with Gasteiger partial charge in [0.15, 0.2) is 0 Å². The van der Waals surface area contributed by atoms with Gasteiger partial charge in [0.2, 0.25) is 5.91 Å². The fourth-order valence-electron chi connectivity index (χ4n) is 2.28. The Kier molecular flexibility index (Phi) is 7.81. The van der Waals surface area contributed by atoms with Crippen molar-refractivity contribution in [2.75, 3.05) is 12.3 Å². The molecule has 7 heteroatoms. The van der Waals surface area contributed by atoms with Crippen molar-refractivity contribution < 1.29 is 9.59 Å². The molecule has 4 N–H and O–H groups in total. The fraction of sp³-hybridized carbons (Fsp3) is 0.333. The first kappa shape index (κ1) is 19.3. The standard InChI is InChI=1S/C18H23N3O2S2/c1-13-4-6-14(7-5-13)12-24-10-8-20-17(22)11-15(21-18(19)23)16-3-2-9-25-16/h2-7,9,15H,8,10-12H2,1H3,(H,20,22)(H3,19,21,23). The highest BCUT2D eigenvalue weighted by Gasteiger charge is 2.18. The minimum atomic E-state index is -0.625. The van der Waals surface area contributed by atoms with E-state index in [4.69, 9.17) is 5.73 Å². The molecule has 2 rings (SSSR count). The summed E-state index contributed by atoms with van der Waals surface area (Å²) in [6.45, 7) is 2.67. The van der Waals surface area contributed by atoms with Gasteiger partial charge in [-0.3, -0.25) is 4.79 Å². The Morgan fingerprint density at radius 3 is 2.64 bits per heavy atom. The molecule has 0 bridgehead atoms. The van der Waals surface area contributed by atoms with E-state index in [2.05, 4.69) is 41.8 Å². The largest absolute Gasteiger partial charge is 0.355 e. The molecule has 0 spiro atoms. The average molecular weight is 378 g/mol. The van der Waals surface area contributed by atoms with E-state index in [0.29, 0.717) is 6.54 Å². The van der Waals surface area contributed by atoms with Crippen molar-refractivity contribution in [2.24, 2.45) is 5.73 Å². The lowest BCUT2D eigenvalue weighted by Crippen LogP contribution is -2.36. The molecule has 0 fully saturated rings. The third-order valence-corrected chi connectivity index (χ3v) is 5.57. The molecule has 134 valence electrons. The quantitative estimate of drug-likeness (QED) is 0.587. The van der Waals surface area contributed by atoms with Crippen molar-refractivity contribution in [3.8, 4) is 0 Å². The van der Waals surface area contributed by atoms with E-state index in [1.807, 2.05) is 17.5 Å². The first-order valence-electron chi connectivity index (χ1n) is 8.04. The Balaban J connectivity index is 1.68. The number of nitrogens with one attached hydrogen (secondary N) is 2. The molecule has 1 unspecified atom stereocenters. The van der Waals surface area contributed by atoms with Crippen molar-refractivity contribution in [3.05, 3.63) is 57.8 Å². The molecule has 1 atom stereocenters. The van der Waals surface area contributed by atoms with Crippen LogP contribution in [-0.2, 0) is 10.5 Å². The Bertz CT molecular complexity index is 672. The molecular formula is C18H23N3O2S2. The van der Waals surface area contributed by atoms with Gasteiger partial charge in [0, 0.05) is 22.9 Å². The molecule has 0 radical (unpaired) electrons. The Labute approximate surface area is 156 Å². The molecule has 0 aliphatic rings. The number of amides is 3. The maximum Gasteiger partial charge on any atom is 0.312 e. The van der Waals surface area contributed by atoms with Gasteiger partial charge < -0.3 is 16.4 Å². The van der Waals surface area contributed by atoms with Crippen LogP contribution in [0.4, 0.5) is 4.79 Å². The van der Waals surface area contributed by atoms with Crippen LogP contribution in [0, 0.1) is 6.92 Å². The molecule has 5 nitrogen and oxygen atoms in total. The van der Waals surface area contributed by atoms with Gasteiger partial charge >= 0.3 is 6.03 Å². The number of urea groups is 1. The Hall–Kier alpha value is -1.99. The third kappa shape index (κ3) is 7.19. The maximum atomic E-state index is 12.1. The number of benzene rings is 1. The number of aryl methyl sites for hydroxylation is 1. The molecule has 1 aromatic heterocycles. The number of carbonyl (C=O) groups excluding carboxylic acids is 2. The van der Waals surface area contributed by atoms with Crippen LogP contribution >= 0.6 is 23.1 Å². The molecule has 0 saturated carbocycles. The van der Waals surface area contributed by atoms with Gasteiger partial charge in [-0.05, 0) is 23.9 Å². The van der Waals surface area contributed by atoms with E-state index in [1.165, 1.54) is 22.5 Å². The summed E-state index contributed by atoms with van der Waals surface area (Å²) in [6.07, 6.45) is 0.187. The second kappa shape index (κ2) is 10.1. The van der Waals surface area contributed by atoms with Crippen molar-refractivity contribution in [1.29, 1.82) is 0 Å². The summed E-state index contributed by atoms with van der Waals surface area (Å²) in [5, 5.41) is 7.43. The number of rotatable bonds is 9. The third-order valence-electron chi connectivity index (χ3n) is 3.55. The monoisotopic (exact) mass is 377 g/mol. The highest BCUT2D eigenvalue weighted by molar-refractivity contribution is 7.98. The number of hydrogen-bond acceptors (Lipinski definition) is 4. The summed E-state index contributed by atoms with van der Waals surface area (Å²) < 4.78 is 0. The van der Waals surface area contributed by atoms with Crippen LogP contribution in [0.5, 0.6) is 0 Å². The summed E-state index contributed by atoms with van der Waals surface area (Å²) in [5.74, 6) is 1.67. The Morgan fingerprint density at radius 1 is 1.24 bits per heavy atom. The highest BCUT2D eigenvalue weighted by atomic mass is 32.2. The van der Waals surface area contributed by atoms with Crippen LogP contribution in [0.1, 0.15) is 28.5 Å². The minimum absolute atomic E-state index is 0.0944. The number of primary amides is 1. The predicted molar refractivity (Wildman–Crippen MR) is 105 cm³/mol. The second-order valence-electron chi connectivity index (χ2n) is 5.67. The van der Waals surface area contributed by atoms with E-state index in [9.17, 15) is 9.59 Å². The van der Waals surface area contributed by atoms with Gasteiger partial charge in [-0.25, -0.2) is 4.79 Å². The summed E-state index contributed by atoms with van der Waals surface area (Å²) >= 11 is 3.27. The zero-order valence-electron chi connectivity index (χ0n) is 14.2. The highest BCUT2D eigenvalue weighted by Crippen LogP contribution is 2.21. The normalized spacial score (nSPS) is 11.7. The van der Waals surface area contributed by atoms with Gasteiger partial charge in [0.25, 0.3) is 0 Å². The van der Waals surface area contributed by atoms with E-state index in [-0.39, 0.29) is 18.4 Å². The first-order chi connectivity index (χ1) is 12.0. The molecule has 2 aromatic rings. The summed E-state index contributed by atoms with van der Waals surface area (Å²) in [6, 6.07) is 11.2. The number of hydrogen-bond donors (Lipinski definition) is 3. The molecule has 25 heavy (non-hydrogen) atoms. The van der Waals surface area contributed by atoms with Crippen LogP contribution < -0.4 is 16.4 Å².